The number of anilines is 3. The summed E-state index contributed by atoms with van der Waals surface area (Å²) in [6.45, 7) is 12.8. The standard InChI is InChI=1S/C15H20N2O4S.2C15H20N2.2CH4O4S/c18-22(19,20)21-14-5-4-11-12-3-1-2-10-8-16-6-7-17(15(10)12)9-13(11)14;2*1-3-11-9-16-7-8-17-10-12-4-2-5-13(12)14(6-1)15(11)17;1-5-6(2,3)4;1-3-6-5-4-2/h1-3,11,13-14,16H,4-9H2,(H,18,19,20);2*1,3,6,12-13,16H,2,4-5,7-10H2;1H3,(H,2,3,4);2H,1H3/t11-,13+,14?;2*12-,13-;;/m100../s1. The Morgan fingerprint density at radius 3 is 1.43 bits per heavy atom. The van der Waals surface area contributed by atoms with Crippen LogP contribution >= 0.6 is 12.3 Å². The van der Waals surface area contributed by atoms with Gasteiger partial charge in [-0.2, -0.15) is 16.8 Å². The van der Waals surface area contributed by atoms with E-state index in [1.165, 1.54) is 99.8 Å². The van der Waals surface area contributed by atoms with Crippen LogP contribution in [0.2, 0.25) is 0 Å². The maximum Gasteiger partial charge on any atom is 0.397 e. The van der Waals surface area contributed by atoms with Crippen LogP contribution < -0.4 is 30.7 Å². The molecule has 7 atom stereocenters. The minimum atomic E-state index is -4.39. The molecule has 6 aliphatic heterocycles. The summed E-state index contributed by atoms with van der Waals surface area (Å²) in [6.07, 6.45) is 9.75. The molecule has 12 rings (SSSR count). The van der Waals surface area contributed by atoms with Gasteiger partial charge in [-0.1, -0.05) is 72.5 Å². The molecule has 0 radical (unpaired) electrons. The number of nitrogens with one attached hydrogen (secondary N) is 3. The van der Waals surface area contributed by atoms with Crippen molar-refractivity contribution < 1.29 is 53.1 Å². The van der Waals surface area contributed by atoms with Crippen LogP contribution in [0, 0.1) is 17.8 Å². The second-order valence-corrected chi connectivity index (χ2v) is 21.8. The van der Waals surface area contributed by atoms with E-state index in [4.69, 9.17) is 18.5 Å². The van der Waals surface area contributed by atoms with Gasteiger partial charge in [0.1, 0.15) is 0 Å². The van der Waals surface area contributed by atoms with Crippen LogP contribution in [-0.4, -0.2) is 110 Å². The predicted molar refractivity (Wildman–Crippen MR) is 261 cm³/mol. The molecule has 3 saturated carbocycles. The molecule has 68 heavy (non-hydrogen) atoms. The fourth-order valence-electron chi connectivity index (χ4n) is 12.6. The number of hydrogen-bond donors (Lipinski definition) is 6. The van der Waals surface area contributed by atoms with E-state index in [9.17, 15) is 16.8 Å². The first-order valence-electron chi connectivity index (χ1n) is 24.0. The lowest BCUT2D eigenvalue weighted by atomic mass is 9.82. The summed E-state index contributed by atoms with van der Waals surface area (Å²) in [7, 11) is -6.30. The van der Waals surface area contributed by atoms with E-state index in [0.717, 1.165) is 89.6 Å². The van der Waals surface area contributed by atoms with Crippen molar-refractivity contribution in [2.24, 2.45) is 17.8 Å². The Bertz CT molecular complexity index is 2300. The Kier molecular flexibility index (Phi) is 17.6. The SMILES string of the molecule is COS(=O)(=O)O.COSOOO.O=S(=O)(O)OC1CC[C@@H]2c3cccc4c3N(CCNC4)C[C@H]12.c1cc2c3c(c1)[C@H]1CCC[C@H]1CN3CCNC2.c1cc2c3c(c1)[C@H]1CCC[C@H]1CN3CCNC2. The van der Waals surface area contributed by atoms with Crippen LogP contribution in [0.4, 0.5) is 17.1 Å². The summed E-state index contributed by atoms with van der Waals surface area (Å²) in [6, 6.07) is 20.3. The summed E-state index contributed by atoms with van der Waals surface area (Å²) in [4.78, 5) is 7.64. The number of benzene rings is 3. The molecule has 376 valence electrons. The molecule has 18 nitrogen and oxygen atoms in total. The average molecular weight is 1010 g/mol. The van der Waals surface area contributed by atoms with Crippen molar-refractivity contribution in [1.82, 2.24) is 16.0 Å². The van der Waals surface area contributed by atoms with Crippen molar-refractivity contribution in [1.29, 1.82) is 0 Å². The first-order valence-corrected chi connectivity index (χ1v) is 27.4. The third-order valence-electron chi connectivity index (χ3n) is 15.2. The maximum absolute atomic E-state index is 11.1. The topological polar surface area (TPSA) is 221 Å². The first-order chi connectivity index (χ1) is 32.9. The average Bonchev–Trinajstić information content (AvgIpc) is 3.98. The zero-order chi connectivity index (χ0) is 47.8. The monoisotopic (exact) mass is 1000 g/mol. The molecule has 3 fully saturated rings. The van der Waals surface area contributed by atoms with E-state index in [1.54, 1.807) is 22.5 Å². The Balaban J connectivity index is 0.000000124. The Labute approximate surface area is 405 Å². The minimum absolute atomic E-state index is 0.114. The molecule has 0 aromatic heterocycles. The summed E-state index contributed by atoms with van der Waals surface area (Å²) in [5.41, 5.74) is 13.4. The number of rotatable bonds is 6. The van der Waals surface area contributed by atoms with Gasteiger partial charge in [0.05, 0.1) is 20.3 Å². The fraction of sp³-hybridized carbons (Fsp3) is 0.617. The zero-order valence-electron chi connectivity index (χ0n) is 39.0. The highest BCUT2D eigenvalue weighted by Crippen LogP contribution is 2.52. The van der Waals surface area contributed by atoms with E-state index >= 15 is 0 Å². The van der Waals surface area contributed by atoms with Gasteiger partial charge < -0.3 is 30.7 Å². The van der Waals surface area contributed by atoms with Crippen LogP contribution in [0.5, 0.6) is 0 Å². The lowest BCUT2D eigenvalue weighted by molar-refractivity contribution is -0.434. The summed E-state index contributed by atoms with van der Waals surface area (Å²) in [5, 5.41) is 21.0. The number of fused-ring (bicyclic) bond motifs is 6. The van der Waals surface area contributed by atoms with Crippen LogP contribution in [0.25, 0.3) is 0 Å². The van der Waals surface area contributed by atoms with Gasteiger partial charge in [0.15, 0.2) is 12.3 Å². The van der Waals surface area contributed by atoms with Crippen molar-refractivity contribution in [2.45, 2.75) is 94.9 Å². The quantitative estimate of drug-likeness (QED) is 0.0522. The largest absolute Gasteiger partial charge is 0.397 e. The van der Waals surface area contributed by atoms with E-state index in [1.807, 2.05) is 0 Å². The van der Waals surface area contributed by atoms with E-state index in [2.05, 4.69) is 103 Å². The third kappa shape index (κ3) is 12.3. The van der Waals surface area contributed by atoms with Gasteiger partial charge in [0.25, 0.3) is 0 Å². The molecule has 1 unspecified atom stereocenters. The molecule has 3 aliphatic carbocycles. The van der Waals surface area contributed by atoms with Crippen molar-refractivity contribution in [3.05, 3.63) is 88.0 Å². The smallest absolute Gasteiger partial charge is 0.369 e. The third-order valence-corrected chi connectivity index (χ3v) is 16.4. The van der Waals surface area contributed by atoms with Gasteiger partial charge in [-0.05, 0) is 101 Å². The van der Waals surface area contributed by atoms with Crippen molar-refractivity contribution >= 4 is 50.2 Å². The Morgan fingerprint density at radius 2 is 1.03 bits per heavy atom. The van der Waals surface area contributed by atoms with Crippen molar-refractivity contribution in [3.8, 4) is 0 Å². The van der Waals surface area contributed by atoms with Gasteiger partial charge in [-0.25, -0.2) is 9.44 Å². The molecule has 0 spiro atoms. The lowest BCUT2D eigenvalue weighted by Gasteiger charge is -2.40. The normalized spacial score (nSPS) is 27.1. The van der Waals surface area contributed by atoms with Crippen LogP contribution in [0.3, 0.4) is 0 Å². The van der Waals surface area contributed by atoms with Gasteiger partial charge in [0, 0.05) is 102 Å². The van der Waals surface area contributed by atoms with Gasteiger partial charge in [-0.15, -0.1) is 4.33 Å². The molecule has 9 aliphatic rings. The maximum atomic E-state index is 11.1. The number of para-hydroxylation sites is 3. The summed E-state index contributed by atoms with van der Waals surface area (Å²) in [5.74, 6) is 4.00. The minimum Gasteiger partial charge on any atom is -0.369 e. The lowest BCUT2D eigenvalue weighted by Crippen LogP contribution is -2.42. The van der Waals surface area contributed by atoms with Crippen LogP contribution in [-0.2, 0) is 62.4 Å². The van der Waals surface area contributed by atoms with Gasteiger partial charge in [0.2, 0.25) is 0 Å². The molecule has 0 bridgehead atoms. The molecule has 6 heterocycles. The van der Waals surface area contributed by atoms with Crippen LogP contribution in [0.15, 0.2) is 54.6 Å². The summed E-state index contributed by atoms with van der Waals surface area (Å²) < 4.78 is 73.8. The summed E-state index contributed by atoms with van der Waals surface area (Å²) >= 11 is 0.536. The molecule has 0 saturated heterocycles. The van der Waals surface area contributed by atoms with E-state index in [-0.39, 0.29) is 5.92 Å². The number of nitrogens with zero attached hydrogens (tertiary/aromatic N) is 3. The molecule has 6 N–H and O–H groups in total. The van der Waals surface area contributed by atoms with Crippen molar-refractivity contribution in [2.75, 3.05) is 87.8 Å². The second kappa shape index (κ2) is 23.4. The highest BCUT2D eigenvalue weighted by Gasteiger charge is 2.46. The molecule has 21 heteroatoms. The van der Waals surface area contributed by atoms with Crippen molar-refractivity contribution in [3.63, 3.8) is 0 Å². The molecule has 0 amide bonds. The zero-order valence-corrected chi connectivity index (χ0v) is 41.4. The highest BCUT2D eigenvalue weighted by atomic mass is 32.3. The van der Waals surface area contributed by atoms with Crippen LogP contribution in [0.1, 0.15) is 103 Å². The highest BCUT2D eigenvalue weighted by molar-refractivity contribution is 7.89. The molecular weight excluding hydrogens is 937 g/mol. The van der Waals surface area contributed by atoms with E-state index < -0.39 is 26.9 Å². The molecular formula is C47H68N6O12S3. The second-order valence-electron chi connectivity index (χ2n) is 18.9. The first kappa shape index (κ1) is 51.2. The predicted octanol–water partition coefficient (Wildman–Crippen LogP) is 6.33. The Morgan fingerprint density at radius 1 is 0.588 bits per heavy atom. The number of hydrogen-bond acceptors (Lipinski definition) is 17. The van der Waals surface area contributed by atoms with E-state index in [0.29, 0.717) is 24.7 Å². The Hall–Kier alpha value is -3.13. The van der Waals surface area contributed by atoms with Gasteiger partial charge >= 0.3 is 20.8 Å². The fourth-order valence-corrected chi connectivity index (χ4v) is 13.3. The molecule has 3 aromatic rings. The molecule has 3 aromatic carbocycles. The van der Waals surface area contributed by atoms with Gasteiger partial charge in [-0.3, -0.25) is 17.5 Å².